The minimum absolute atomic E-state index is 0.0930. The van der Waals surface area contributed by atoms with E-state index in [-0.39, 0.29) is 12.5 Å². The van der Waals surface area contributed by atoms with Crippen molar-refractivity contribution < 1.29 is 14.7 Å². The largest absolute Gasteiger partial charge is 0.378 e. The molecule has 15 heavy (non-hydrogen) atoms. The fourth-order valence-electron chi connectivity index (χ4n) is 0.852. The maximum absolute atomic E-state index is 11.6. The number of carbonyl (C=O) groups excluding carboxylic acids is 2. The van der Waals surface area contributed by atoms with Crippen molar-refractivity contribution in [1.29, 1.82) is 0 Å². The van der Waals surface area contributed by atoms with Crippen LogP contribution in [0.4, 0.5) is 0 Å². The summed E-state index contributed by atoms with van der Waals surface area (Å²) in [4.78, 5) is 22.2. The summed E-state index contributed by atoms with van der Waals surface area (Å²) >= 11 is 0. The molecule has 0 spiro atoms. The van der Waals surface area contributed by atoms with E-state index >= 15 is 0 Å². The van der Waals surface area contributed by atoms with Gasteiger partial charge in [0, 0.05) is 12.5 Å². The number of rotatable bonds is 3. The maximum Gasteiger partial charge on any atom is 0.253 e. The Bertz CT molecular complexity index is 254. The molecule has 0 aliphatic rings. The third-order valence-electron chi connectivity index (χ3n) is 1.66. The van der Waals surface area contributed by atoms with E-state index in [2.05, 4.69) is 10.6 Å². The second-order valence-corrected chi connectivity index (χ2v) is 4.89. The molecule has 88 valence electrons. The number of hydrogen-bond donors (Lipinski definition) is 3. The second-order valence-electron chi connectivity index (χ2n) is 4.89. The van der Waals surface area contributed by atoms with Crippen molar-refractivity contribution in [2.45, 2.75) is 45.8 Å². The monoisotopic (exact) mass is 216 g/mol. The third kappa shape index (κ3) is 6.06. The van der Waals surface area contributed by atoms with Gasteiger partial charge in [-0.15, -0.1) is 0 Å². The van der Waals surface area contributed by atoms with Gasteiger partial charge in [0.25, 0.3) is 5.91 Å². The molecule has 3 N–H and O–H groups in total. The van der Waals surface area contributed by atoms with Crippen LogP contribution in [0, 0.1) is 0 Å². The van der Waals surface area contributed by atoms with E-state index in [0.29, 0.717) is 0 Å². The highest BCUT2D eigenvalue weighted by Crippen LogP contribution is 2.06. The molecule has 5 nitrogen and oxygen atoms in total. The minimum Gasteiger partial charge on any atom is -0.378 e. The van der Waals surface area contributed by atoms with Crippen LogP contribution in [0.25, 0.3) is 0 Å². The minimum atomic E-state index is -1.58. The standard InChI is InChI=1S/C10H20N2O3/c1-7(13)11-6-10(5,15)8(14)12-9(2,3)4/h15H,6H2,1-5H3,(H,11,13)(H,12,14). The number of nitrogens with one attached hydrogen (secondary N) is 2. The summed E-state index contributed by atoms with van der Waals surface area (Å²) in [6, 6.07) is 0. The van der Waals surface area contributed by atoms with Crippen molar-refractivity contribution in [2.75, 3.05) is 6.54 Å². The molecule has 0 saturated heterocycles. The first-order chi connectivity index (χ1) is 6.54. The number of carbonyl (C=O) groups is 2. The van der Waals surface area contributed by atoms with Crippen LogP contribution in [0.3, 0.4) is 0 Å². The lowest BCUT2D eigenvalue weighted by Crippen LogP contribution is -2.56. The van der Waals surface area contributed by atoms with Crippen molar-refractivity contribution in [2.24, 2.45) is 0 Å². The number of hydrogen-bond acceptors (Lipinski definition) is 3. The molecule has 0 radical (unpaired) electrons. The van der Waals surface area contributed by atoms with Crippen LogP contribution in [-0.4, -0.2) is 34.6 Å². The number of amides is 2. The van der Waals surface area contributed by atoms with Gasteiger partial charge in [0.05, 0.1) is 6.54 Å². The van der Waals surface area contributed by atoms with Gasteiger partial charge in [-0.3, -0.25) is 9.59 Å². The lowest BCUT2D eigenvalue weighted by Gasteiger charge is -2.28. The van der Waals surface area contributed by atoms with Gasteiger partial charge in [0.2, 0.25) is 5.91 Å². The Kier molecular flexibility index (Phi) is 4.27. The van der Waals surface area contributed by atoms with E-state index in [1.165, 1.54) is 13.8 Å². The van der Waals surface area contributed by atoms with E-state index < -0.39 is 17.0 Å². The molecule has 5 heteroatoms. The van der Waals surface area contributed by atoms with E-state index in [9.17, 15) is 14.7 Å². The van der Waals surface area contributed by atoms with Gasteiger partial charge < -0.3 is 15.7 Å². The van der Waals surface area contributed by atoms with Gasteiger partial charge in [0.1, 0.15) is 0 Å². The average molecular weight is 216 g/mol. The topological polar surface area (TPSA) is 78.4 Å². The van der Waals surface area contributed by atoms with Crippen molar-refractivity contribution in [3.63, 3.8) is 0 Å². The van der Waals surface area contributed by atoms with Crippen LogP contribution in [0.2, 0.25) is 0 Å². The lowest BCUT2D eigenvalue weighted by atomic mass is 10.0. The molecular weight excluding hydrogens is 196 g/mol. The van der Waals surface area contributed by atoms with E-state index in [0.717, 1.165) is 0 Å². The molecule has 0 bridgehead atoms. The van der Waals surface area contributed by atoms with Crippen LogP contribution in [0.5, 0.6) is 0 Å². The second kappa shape index (κ2) is 4.61. The van der Waals surface area contributed by atoms with Crippen molar-refractivity contribution in [3.8, 4) is 0 Å². The average Bonchev–Trinajstić information content (AvgIpc) is 1.97. The zero-order chi connectivity index (χ0) is 12.3. The molecule has 1 unspecified atom stereocenters. The molecule has 0 saturated carbocycles. The Balaban J connectivity index is 4.32. The molecule has 0 aromatic heterocycles. The fraction of sp³-hybridized carbons (Fsp3) is 0.800. The normalized spacial score (nSPS) is 15.3. The van der Waals surface area contributed by atoms with Gasteiger partial charge in [-0.25, -0.2) is 0 Å². The van der Waals surface area contributed by atoms with Crippen LogP contribution in [-0.2, 0) is 9.59 Å². The van der Waals surface area contributed by atoms with E-state index in [4.69, 9.17) is 0 Å². The summed E-state index contributed by atoms with van der Waals surface area (Å²) in [6.45, 7) is 8.06. The highest BCUT2D eigenvalue weighted by molar-refractivity contribution is 5.86. The predicted octanol–water partition coefficient (Wildman–Crippen LogP) is -0.212. The molecular formula is C10H20N2O3. The molecule has 0 fully saturated rings. The van der Waals surface area contributed by atoms with Crippen molar-refractivity contribution >= 4 is 11.8 Å². The molecule has 0 rings (SSSR count). The smallest absolute Gasteiger partial charge is 0.253 e. The Hall–Kier alpha value is -1.10. The third-order valence-corrected chi connectivity index (χ3v) is 1.66. The van der Waals surface area contributed by atoms with Crippen LogP contribution < -0.4 is 10.6 Å². The van der Waals surface area contributed by atoms with Gasteiger partial charge in [-0.05, 0) is 27.7 Å². The zero-order valence-electron chi connectivity index (χ0n) is 9.97. The molecule has 0 aromatic carbocycles. The fourth-order valence-corrected chi connectivity index (χ4v) is 0.852. The summed E-state index contributed by atoms with van der Waals surface area (Å²) in [5.41, 5.74) is -1.99. The zero-order valence-corrected chi connectivity index (χ0v) is 9.97. The molecule has 2 amide bonds. The van der Waals surface area contributed by atoms with Crippen LogP contribution in [0.1, 0.15) is 34.6 Å². The summed E-state index contributed by atoms with van der Waals surface area (Å²) in [7, 11) is 0. The van der Waals surface area contributed by atoms with Crippen LogP contribution in [0.15, 0.2) is 0 Å². The highest BCUT2D eigenvalue weighted by atomic mass is 16.3. The Morgan fingerprint density at radius 3 is 2.00 bits per heavy atom. The predicted molar refractivity (Wildman–Crippen MR) is 57.2 cm³/mol. The Morgan fingerprint density at radius 2 is 1.67 bits per heavy atom. The summed E-state index contributed by atoms with van der Waals surface area (Å²) in [5.74, 6) is -0.775. The summed E-state index contributed by atoms with van der Waals surface area (Å²) in [6.07, 6.45) is 0. The van der Waals surface area contributed by atoms with Gasteiger partial charge in [0.15, 0.2) is 5.60 Å². The molecule has 0 aliphatic carbocycles. The molecule has 0 aliphatic heterocycles. The van der Waals surface area contributed by atoms with Gasteiger partial charge in [-0.1, -0.05) is 0 Å². The highest BCUT2D eigenvalue weighted by Gasteiger charge is 2.32. The SMILES string of the molecule is CC(=O)NCC(C)(O)C(=O)NC(C)(C)C. The summed E-state index contributed by atoms with van der Waals surface area (Å²) in [5, 5.41) is 14.8. The van der Waals surface area contributed by atoms with E-state index in [1.54, 1.807) is 0 Å². The first kappa shape index (κ1) is 13.9. The maximum atomic E-state index is 11.6. The van der Waals surface area contributed by atoms with Gasteiger partial charge >= 0.3 is 0 Å². The first-order valence-corrected chi connectivity index (χ1v) is 4.84. The first-order valence-electron chi connectivity index (χ1n) is 4.84. The Morgan fingerprint density at radius 1 is 1.20 bits per heavy atom. The van der Waals surface area contributed by atoms with Crippen molar-refractivity contribution in [3.05, 3.63) is 0 Å². The van der Waals surface area contributed by atoms with E-state index in [1.807, 2.05) is 20.8 Å². The van der Waals surface area contributed by atoms with Crippen molar-refractivity contribution in [1.82, 2.24) is 10.6 Å². The Labute approximate surface area is 90.2 Å². The lowest BCUT2D eigenvalue weighted by molar-refractivity contribution is -0.139. The quantitative estimate of drug-likeness (QED) is 0.610. The summed E-state index contributed by atoms with van der Waals surface area (Å²) < 4.78 is 0. The van der Waals surface area contributed by atoms with Gasteiger partial charge in [-0.2, -0.15) is 0 Å². The molecule has 0 heterocycles. The molecule has 0 aromatic rings. The number of aliphatic hydroxyl groups is 1. The molecule has 1 atom stereocenters. The van der Waals surface area contributed by atoms with Crippen LogP contribution >= 0.6 is 0 Å².